The molecule has 0 fully saturated rings. The van der Waals surface area contributed by atoms with Gasteiger partial charge in [0.1, 0.15) is 11.3 Å². The van der Waals surface area contributed by atoms with E-state index < -0.39 is 11.9 Å². The molecule has 1 aromatic carbocycles. The van der Waals surface area contributed by atoms with E-state index in [0.29, 0.717) is 11.3 Å². The number of methoxy groups -OCH3 is 2. The standard InChI is InChI=1S/C13H12N2O5/c1-18-12(16)9-10(7-3-5-8(14)6-4-7)15-20-11(9)13(17)19-2/h3-6H,14H2,1-2H3. The first-order valence-corrected chi connectivity index (χ1v) is 5.60. The molecule has 0 unspecified atom stereocenters. The molecule has 0 aliphatic carbocycles. The predicted molar refractivity (Wildman–Crippen MR) is 69.0 cm³/mol. The van der Waals surface area contributed by atoms with Crippen molar-refractivity contribution in [1.82, 2.24) is 5.16 Å². The van der Waals surface area contributed by atoms with Crippen molar-refractivity contribution in [3.63, 3.8) is 0 Å². The van der Waals surface area contributed by atoms with Crippen LogP contribution in [0.1, 0.15) is 20.9 Å². The van der Waals surface area contributed by atoms with Gasteiger partial charge in [0.15, 0.2) is 0 Å². The maximum atomic E-state index is 11.8. The first-order chi connectivity index (χ1) is 9.58. The number of hydrogen-bond acceptors (Lipinski definition) is 7. The smallest absolute Gasteiger partial charge is 0.377 e. The molecule has 0 radical (unpaired) electrons. The van der Waals surface area contributed by atoms with Crippen molar-refractivity contribution in [2.75, 3.05) is 20.0 Å². The first-order valence-electron chi connectivity index (χ1n) is 5.60. The van der Waals surface area contributed by atoms with E-state index in [4.69, 9.17) is 10.3 Å². The third-order valence-corrected chi connectivity index (χ3v) is 2.64. The number of rotatable bonds is 3. The van der Waals surface area contributed by atoms with Gasteiger partial charge < -0.3 is 19.7 Å². The second-order valence-electron chi connectivity index (χ2n) is 3.84. The fourth-order valence-corrected chi connectivity index (χ4v) is 1.65. The molecule has 2 N–H and O–H groups in total. The molecule has 1 heterocycles. The molecule has 0 saturated heterocycles. The summed E-state index contributed by atoms with van der Waals surface area (Å²) in [5.41, 5.74) is 6.83. The third-order valence-electron chi connectivity index (χ3n) is 2.64. The normalized spacial score (nSPS) is 10.1. The third kappa shape index (κ3) is 2.33. The molecule has 0 amide bonds. The van der Waals surface area contributed by atoms with Crippen molar-refractivity contribution in [2.45, 2.75) is 0 Å². The van der Waals surface area contributed by atoms with E-state index in [1.807, 2.05) is 0 Å². The lowest BCUT2D eigenvalue weighted by atomic mass is 10.1. The van der Waals surface area contributed by atoms with Crippen molar-refractivity contribution < 1.29 is 23.6 Å². The van der Waals surface area contributed by atoms with Crippen LogP contribution < -0.4 is 5.73 Å². The fraction of sp³-hybridized carbons (Fsp3) is 0.154. The van der Waals surface area contributed by atoms with Gasteiger partial charge in [-0.25, -0.2) is 9.59 Å². The molecule has 7 heteroatoms. The van der Waals surface area contributed by atoms with Crippen molar-refractivity contribution in [3.05, 3.63) is 35.6 Å². The monoisotopic (exact) mass is 276 g/mol. The Morgan fingerprint density at radius 2 is 1.70 bits per heavy atom. The van der Waals surface area contributed by atoms with Crippen LogP contribution in [0.2, 0.25) is 0 Å². The van der Waals surface area contributed by atoms with Gasteiger partial charge in [0.2, 0.25) is 0 Å². The van der Waals surface area contributed by atoms with Gasteiger partial charge in [0.05, 0.1) is 14.2 Å². The summed E-state index contributed by atoms with van der Waals surface area (Å²) in [7, 11) is 2.37. The van der Waals surface area contributed by atoms with E-state index in [0.717, 1.165) is 0 Å². The molecule has 0 spiro atoms. The quantitative estimate of drug-likeness (QED) is 0.668. The Bertz CT molecular complexity index is 645. The van der Waals surface area contributed by atoms with Crippen LogP contribution in [0.15, 0.2) is 28.8 Å². The van der Waals surface area contributed by atoms with E-state index in [1.54, 1.807) is 24.3 Å². The molecule has 0 aliphatic rings. The minimum Gasteiger partial charge on any atom is -0.465 e. The van der Waals surface area contributed by atoms with Gasteiger partial charge in [0, 0.05) is 11.3 Å². The fourth-order valence-electron chi connectivity index (χ4n) is 1.65. The SMILES string of the molecule is COC(=O)c1onc(-c2ccc(N)cc2)c1C(=O)OC. The van der Waals surface area contributed by atoms with Crippen LogP contribution in [-0.2, 0) is 9.47 Å². The highest BCUT2D eigenvalue weighted by Gasteiger charge is 2.29. The van der Waals surface area contributed by atoms with Crippen LogP contribution in [0.4, 0.5) is 5.69 Å². The van der Waals surface area contributed by atoms with Crippen molar-refractivity contribution in [2.24, 2.45) is 0 Å². The lowest BCUT2D eigenvalue weighted by Crippen LogP contribution is -2.10. The molecular weight excluding hydrogens is 264 g/mol. The second kappa shape index (κ2) is 5.43. The number of carbonyl (C=O) groups excluding carboxylic acids is 2. The van der Waals surface area contributed by atoms with Crippen LogP contribution in [-0.4, -0.2) is 31.3 Å². The molecule has 0 bridgehead atoms. The molecule has 20 heavy (non-hydrogen) atoms. The Morgan fingerprint density at radius 3 is 2.25 bits per heavy atom. The van der Waals surface area contributed by atoms with Crippen LogP contribution in [0.5, 0.6) is 0 Å². The number of hydrogen-bond donors (Lipinski definition) is 1. The maximum Gasteiger partial charge on any atom is 0.377 e. The number of nitrogens with zero attached hydrogens (tertiary/aromatic N) is 1. The Kier molecular flexibility index (Phi) is 3.69. The lowest BCUT2D eigenvalue weighted by Gasteiger charge is -2.02. The summed E-state index contributed by atoms with van der Waals surface area (Å²) >= 11 is 0. The Hall–Kier alpha value is -2.83. The van der Waals surface area contributed by atoms with Crippen LogP contribution >= 0.6 is 0 Å². The Morgan fingerprint density at radius 1 is 1.10 bits per heavy atom. The van der Waals surface area contributed by atoms with E-state index in [9.17, 15) is 9.59 Å². The highest BCUT2D eigenvalue weighted by molar-refractivity contribution is 6.05. The van der Waals surface area contributed by atoms with E-state index >= 15 is 0 Å². The Balaban J connectivity index is 2.59. The number of benzene rings is 1. The van der Waals surface area contributed by atoms with Gasteiger partial charge in [-0.3, -0.25) is 0 Å². The summed E-state index contributed by atoms with van der Waals surface area (Å²) in [5, 5.41) is 3.74. The van der Waals surface area contributed by atoms with Crippen LogP contribution in [0.3, 0.4) is 0 Å². The minimum atomic E-state index is -0.806. The zero-order valence-electron chi connectivity index (χ0n) is 10.9. The average Bonchev–Trinajstić information content (AvgIpc) is 2.91. The van der Waals surface area contributed by atoms with Gasteiger partial charge in [-0.05, 0) is 12.1 Å². The highest BCUT2D eigenvalue weighted by Crippen LogP contribution is 2.27. The number of ether oxygens (including phenoxy) is 2. The van der Waals surface area contributed by atoms with Gasteiger partial charge in [-0.1, -0.05) is 17.3 Å². The number of nitrogen functional groups attached to an aromatic ring is 1. The summed E-state index contributed by atoms with van der Waals surface area (Å²) in [6.45, 7) is 0. The molecular formula is C13H12N2O5. The average molecular weight is 276 g/mol. The summed E-state index contributed by atoms with van der Waals surface area (Å²) in [4.78, 5) is 23.4. The van der Waals surface area contributed by atoms with Gasteiger partial charge in [0.25, 0.3) is 5.76 Å². The molecule has 104 valence electrons. The maximum absolute atomic E-state index is 11.8. The topological polar surface area (TPSA) is 105 Å². The minimum absolute atomic E-state index is 0.0795. The molecule has 0 atom stereocenters. The van der Waals surface area contributed by atoms with Crippen molar-refractivity contribution in [3.8, 4) is 11.3 Å². The molecule has 0 saturated carbocycles. The zero-order chi connectivity index (χ0) is 14.7. The number of anilines is 1. The summed E-state index contributed by atoms with van der Waals surface area (Å²) < 4.78 is 14.1. The highest BCUT2D eigenvalue weighted by atomic mass is 16.6. The lowest BCUT2D eigenvalue weighted by molar-refractivity contribution is 0.0521. The zero-order valence-corrected chi connectivity index (χ0v) is 10.9. The summed E-state index contributed by atoms with van der Waals surface area (Å²) in [6.07, 6.45) is 0. The molecule has 7 nitrogen and oxygen atoms in total. The number of carbonyl (C=O) groups is 2. The van der Waals surface area contributed by atoms with Crippen molar-refractivity contribution in [1.29, 1.82) is 0 Å². The van der Waals surface area contributed by atoms with E-state index in [1.165, 1.54) is 14.2 Å². The van der Waals surface area contributed by atoms with Gasteiger partial charge in [-0.2, -0.15) is 0 Å². The summed E-state index contributed by atoms with van der Waals surface area (Å²) in [5.74, 6) is -1.84. The van der Waals surface area contributed by atoms with Gasteiger partial charge in [-0.15, -0.1) is 0 Å². The first kappa shape index (κ1) is 13.6. The molecule has 1 aromatic heterocycles. The second-order valence-corrected chi connectivity index (χ2v) is 3.84. The number of esters is 2. The Labute approximate surface area is 114 Å². The number of nitrogens with two attached hydrogens (primary N) is 1. The van der Waals surface area contributed by atoms with Crippen molar-refractivity contribution >= 4 is 17.6 Å². The van der Waals surface area contributed by atoms with E-state index in [2.05, 4.69) is 14.6 Å². The van der Waals surface area contributed by atoms with Crippen LogP contribution in [0.25, 0.3) is 11.3 Å². The predicted octanol–water partition coefficient (Wildman–Crippen LogP) is 1.50. The summed E-state index contributed by atoms with van der Waals surface area (Å²) in [6, 6.07) is 6.59. The van der Waals surface area contributed by atoms with Gasteiger partial charge >= 0.3 is 11.9 Å². The molecule has 2 aromatic rings. The largest absolute Gasteiger partial charge is 0.465 e. The van der Waals surface area contributed by atoms with E-state index in [-0.39, 0.29) is 17.0 Å². The molecule has 2 rings (SSSR count). The van der Waals surface area contributed by atoms with Crippen LogP contribution in [0, 0.1) is 0 Å². The number of aromatic nitrogens is 1. The molecule has 0 aliphatic heterocycles.